The van der Waals surface area contributed by atoms with Crippen molar-refractivity contribution in [2.45, 2.75) is 19.3 Å². The molecule has 0 unspecified atom stereocenters. The van der Waals surface area contributed by atoms with E-state index in [2.05, 4.69) is 194 Å². The molecule has 0 radical (unpaired) electrons. The van der Waals surface area contributed by atoms with Crippen molar-refractivity contribution < 1.29 is 0 Å². The summed E-state index contributed by atoms with van der Waals surface area (Å²) >= 11 is 0. The largest absolute Gasteiger partial charge is 0.309 e. The van der Waals surface area contributed by atoms with E-state index >= 15 is 0 Å². The van der Waals surface area contributed by atoms with Crippen LogP contribution in [-0.2, 0) is 5.41 Å². The van der Waals surface area contributed by atoms with E-state index in [0.717, 1.165) is 0 Å². The second-order valence-corrected chi connectivity index (χ2v) is 14.9. The summed E-state index contributed by atoms with van der Waals surface area (Å²) in [5.41, 5.74) is 15.3. The van der Waals surface area contributed by atoms with Crippen molar-refractivity contribution in [3.8, 4) is 50.3 Å². The normalized spacial score (nSPS) is 13.3. The first-order valence-electron chi connectivity index (χ1n) is 18.3. The summed E-state index contributed by atoms with van der Waals surface area (Å²) < 4.78 is 2.49. The van der Waals surface area contributed by atoms with Gasteiger partial charge in [-0.3, -0.25) is 0 Å². The first-order chi connectivity index (χ1) is 25.6. The molecule has 1 heterocycles. The quantitative estimate of drug-likeness (QED) is 0.165. The fraction of sp³-hybridized carbons (Fsp3) is 0.0588. The van der Waals surface area contributed by atoms with E-state index in [9.17, 15) is 0 Å². The Bertz CT molecular complexity index is 3000. The zero-order chi connectivity index (χ0) is 34.6. The zero-order valence-corrected chi connectivity index (χ0v) is 29.2. The Labute approximate surface area is 303 Å². The molecule has 1 aromatic heterocycles. The number of benzene rings is 9. The van der Waals surface area contributed by atoms with E-state index in [1.807, 2.05) is 0 Å². The molecular weight excluding hydrogens is 627 g/mol. The third kappa shape index (κ3) is 4.05. The number of hydrogen-bond donors (Lipinski definition) is 0. The molecule has 244 valence electrons. The van der Waals surface area contributed by atoms with Crippen LogP contribution in [0.1, 0.15) is 25.0 Å². The second kappa shape index (κ2) is 10.8. The molecule has 52 heavy (non-hydrogen) atoms. The maximum Gasteiger partial charge on any atom is 0.0584 e. The Balaban J connectivity index is 1.12. The number of nitrogens with zero attached hydrogens (tertiary/aromatic N) is 1. The summed E-state index contributed by atoms with van der Waals surface area (Å²) in [6, 6.07) is 65.2. The van der Waals surface area contributed by atoms with Gasteiger partial charge in [0.2, 0.25) is 0 Å². The van der Waals surface area contributed by atoms with Gasteiger partial charge in [0.1, 0.15) is 0 Å². The highest BCUT2D eigenvalue weighted by molar-refractivity contribution is 6.27. The molecule has 0 amide bonds. The molecule has 1 aliphatic carbocycles. The fourth-order valence-electron chi connectivity index (χ4n) is 9.34. The van der Waals surface area contributed by atoms with Gasteiger partial charge in [-0.15, -0.1) is 0 Å². The van der Waals surface area contributed by atoms with Crippen LogP contribution < -0.4 is 0 Å². The zero-order valence-electron chi connectivity index (χ0n) is 29.2. The van der Waals surface area contributed by atoms with Crippen LogP contribution in [0.3, 0.4) is 0 Å². The lowest BCUT2D eigenvalue weighted by Crippen LogP contribution is -2.14. The van der Waals surface area contributed by atoms with E-state index in [4.69, 9.17) is 0 Å². The Morgan fingerprint density at radius 2 is 0.942 bits per heavy atom. The minimum Gasteiger partial charge on any atom is -0.309 e. The van der Waals surface area contributed by atoms with Crippen molar-refractivity contribution >= 4 is 43.2 Å². The molecular formula is C51H35N. The summed E-state index contributed by atoms with van der Waals surface area (Å²) in [5.74, 6) is 0. The monoisotopic (exact) mass is 661 g/mol. The van der Waals surface area contributed by atoms with E-state index in [1.54, 1.807) is 0 Å². The smallest absolute Gasteiger partial charge is 0.0584 e. The Morgan fingerprint density at radius 3 is 1.63 bits per heavy atom. The van der Waals surface area contributed by atoms with Crippen LogP contribution in [0.5, 0.6) is 0 Å². The topological polar surface area (TPSA) is 4.93 Å². The molecule has 10 aromatic rings. The number of fused-ring (bicyclic) bond motifs is 5. The van der Waals surface area contributed by atoms with Crippen molar-refractivity contribution in [1.29, 1.82) is 0 Å². The van der Waals surface area contributed by atoms with Crippen molar-refractivity contribution in [3.63, 3.8) is 0 Å². The van der Waals surface area contributed by atoms with Crippen LogP contribution in [0.25, 0.3) is 93.5 Å². The molecule has 0 fully saturated rings. The molecule has 0 saturated carbocycles. The van der Waals surface area contributed by atoms with Gasteiger partial charge < -0.3 is 4.57 Å². The fourth-order valence-corrected chi connectivity index (χ4v) is 9.34. The van der Waals surface area contributed by atoms with Gasteiger partial charge in [0.15, 0.2) is 0 Å². The Morgan fingerprint density at radius 1 is 0.404 bits per heavy atom. The average Bonchev–Trinajstić information content (AvgIpc) is 3.67. The third-order valence-electron chi connectivity index (χ3n) is 11.7. The molecule has 1 aliphatic rings. The molecule has 0 atom stereocenters. The molecule has 9 aromatic carbocycles. The van der Waals surface area contributed by atoms with Gasteiger partial charge >= 0.3 is 0 Å². The van der Waals surface area contributed by atoms with Crippen molar-refractivity contribution in [2.24, 2.45) is 0 Å². The highest BCUT2D eigenvalue weighted by Gasteiger charge is 2.40. The number of hydrogen-bond acceptors (Lipinski definition) is 0. The molecule has 0 saturated heterocycles. The SMILES string of the molecule is CC1(C)c2ccccc2-c2c1c1cc(-c3ccc4ccc5c(-c6ccc(-c7ccccc7)cc6)ccc6ccc3c4c65)ccc1n2-c1ccccc1. The summed E-state index contributed by atoms with van der Waals surface area (Å²) in [5, 5.41) is 9.17. The maximum absolute atomic E-state index is 2.49. The molecule has 1 nitrogen and oxygen atoms in total. The number of rotatable bonds is 4. The van der Waals surface area contributed by atoms with Gasteiger partial charge in [-0.1, -0.05) is 166 Å². The predicted octanol–water partition coefficient (Wildman–Crippen LogP) is 13.8. The molecule has 0 aliphatic heterocycles. The lowest BCUT2D eigenvalue weighted by Gasteiger charge is -2.21. The lowest BCUT2D eigenvalue weighted by molar-refractivity contribution is 0.666. The molecule has 0 spiro atoms. The summed E-state index contributed by atoms with van der Waals surface area (Å²) in [4.78, 5) is 0. The van der Waals surface area contributed by atoms with E-state index in [1.165, 1.54) is 105 Å². The first-order valence-corrected chi connectivity index (χ1v) is 18.3. The third-order valence-corrected chi connectivity index (χ3v) is 11.7. The van der Waals surface area contributed by atoms with Crippen LogP contribution in [0.15, 0.2) is 176 Å². The van der Waals surface area contributed by atoms with Crippen LogP contribution in [-0.4, -0.2) is 4.57 Å². The van der Waals surface area contributed by atoms with Crippen LogP contribution in [0.4, 0.5) is 0 Å². The van der Waals surface area contributed by atoms with E-state index < -0.39 is 0 Å². The van der Waals surface area contributed by atoms with E-state index in [-0.39, 0.29) is 5.41 Å². The van der Waals surface area contributed by atoms with Gasteiger partial charge in [0, 0.05) is 22.1 Å². The highest BCUT2D eigenvalue weighted by atomic mass is 15.0. The minimum absolute atomic E-state index is 0.124. The minimum atomic E-state index is -0.124. The van der Waals surface area contributed by atoms with Gasteiger partial charge in [0.05, 0.1) is 11.2 Å². The van der Waals surface area contributed by atoms with Crippen molar-refractivity contribution in [3.05, 3.63) is 187 Å². The maximum atomic E-state index is 2.49. The Hall–Kier alpha value is -6.44. The highest BCUT2D eigenvalue weighted by Crippen LogP contribution is 2.54. The lowest BCUT2D eigenvalue weighted by atomic mass is 9.81. The average molecular weight is 662 g/mol. The molecule has 1 heteroatoms. The molecule has 0 bridgehead atoms. The number of aromatic nitrogens is 1. The molecule has 11 rings (SSSR count). The van der Waals surface area contributed by atoms with Gasteiger partial charge in [0.25, 0.3) is 0 Å². The van der Waals surface area contributed by atoms with Gasteiger partial charge in [-0.05, 0) is 101 Å². The standard InChI is InChI=1S/C51H35N/c1-51(2)45-16-10-9-15-43(45)50-49(51)44-31-37(25-30-46(44)52(50)38-13-7-4-8-14-38)40-27-22-36-23-28-41-39(26-21-35-24-29-42(40)48(36)47(35)41)34-19-17-33(18-20-34)32-11-5-3-6-12-32/h3-31H,1-2H3. The van der Waals surface area contributed by atoms with E-state index in [0.29, 0.717) is 0 Å². The molecule has 0 N–H and O–H groups in total. The van der Waals surface area contributed by atoms with Crippen LogP contribution >= 0.6 is 0 Å². The number of para-hydroxylation sites is 1. The van der Waals surface area contributed by atoms with Gasteiger partial charge in [-0.25, -0.2) is 0 Å². The van der Waals surface area contributed by atoms with Crippen LogP contribution in [0, 0.1) is 0 Å². The van der Waals surface area contributed by atoms with Crippen molar-refractivity contribution in [2.75, 3.05) is 0 Å². The first kappa shape index (κ1) is 29.3. The predicted molar refractivity (Wildman–Crippen MR) is 221 cm³/mol. The summed E-state index contributed by atoms with van der Waals surface area (Å²) in [6.07, 6.45) is 0. The van der Waals surface area contributed by atoms with Crippen LogP contribution in [0.2, 0.25) is 0 Å². The van der Waals surface area contributed by atoms with Gasteiger partial charge in [-0.2, -0.15) is 0 Å². The second-order valence-electron chi connectivity index (χ2n) is 14.9. The summed E-state index contributed by atoms with van der Waals surface area (Å²) in [6.45, 7) is 4.78. The Kier molecular flexibility index (Phi) is 6.08. The summed E-state index contributed by atoms with van der Waals surface area (Å²) in [7, 11) is 0. The van der Waals surface area contributed by atoms with Crippen molar-refractivity contribution in [1.82, 2.24) is 4.57 Å².